The van der Waals surface area contributed by atoms with Crippen LogP contribution in [0.3, 0.4) is 0 Å². The molecule has 4 rings (SSSR count). The lowest BCUT2D eigenvalue weighted by Crippen LogP contribution is -2.41. The summed E-state index contributed by atoms with van der Waals surface area (Å²) in [6.45, 7) is 8.11. The normalized spacial score (nSPS) is 20.7. The number of anilines is 2. The summed E-state index contributed by atoms with van der Waals surface area (Å²) in [5.74, 6) is 1.54. The van der Waals surface area contributed by atoms with Gasteiger partial charge in [0, 0.05) is 6.42 Å². The smallest absolute Gasteiger partial charge is 0.281 e. The van der Waals surface area contributed by atoms with Crippen LogP contribution in [-0.4, -0.2) is 32.4 Å². The summed E-state index contributed by atoms with van der Waals surface area (Å²) in [6.07, 6.45) is 1.02. The number of nitriles is 1. The summed E-state index contributed by atoms with van der Waals surface area (Å²) >= 11 is 1.44. The van der Waals surface area contributed by atoms with Crippen molar-refractivity contribution in [2.75, 3.05) is 36.9 Å². The standard InChI is InChI=1S/C18H22N4O2S/c1-10(2)13-7-11-12(9-24-13)17(22-3-5-23-6-4-22)21-18-15(11)16(20)14(8-19)25-18/h10,13H,3-7,9,20H2,1-2H3/p+1/t13-/m0/s1. The van der Waals surface area contributed by atoms with E-state index in [0.717, 1.165) is 48.8 Å². The highest BCUT2D eigenvalue weighted by molar-refractivity contribution is 7.19. The summed E-state index contributed by atoms with van der Waals surface area (Å²) in [7, 11) is 0. The number of aromatic amines is 1. The van der Waals surface area contributed by atoms with E-state index in [1.807, 2.05) is 0 Å². The molecule has 0 saturated carbocycles. The average molecular weight is 359 g/mol. The molecule has 0 aliphatic carbocycles. The van der Waals surface area contributed by atoms with E-state index in [1.165, 1.54) is 22.5 Å². The van der Waals surface area contributed by atoms with Gasteiger partial charge in [-0.1, -0.05) is 25.2 Å². The molecule has 0 amide bonds. The van der Waals surface area contributed by atoms with Crippen molar-refractivity contribution in [1.29, 1.82) is 5.26 Å². The molecule has 2 aliphatic heterocycles. The van der Waals surface area contributed by atoms with Crippen LogP contribution < -0.4 is 15.6 Å². The summed E-state index contributed by atoms with van der Waals surface area (Å²) in [5, 5.41) is 10.4. The van der Waals surface area contributed by atoms with Crippen molar-refractivity contribution in [3.05, 3.63) is 16.0 Å². The van der Waals surface area contributed by atoms with Gasteiger partial charge in [-0.15, -0.1) is 0 Å². The number of nitrogens with zero attached hydrogens (tertiary/aromatic N) is 2. The predicted molar refractivity (Wildman–Crippen MR) is 97.7 cm³/mol. The Morgan fingerprint density at radius 3 is 2.76 bits per heavy atom. The van der Waals surface area contributed by atoms with Crippen LogP contribution in [0, 0.1) is 17.2 Å². The van der Waals surface area contributed by atoms with Gasteiger partial charge in [0.15, 0.2) is 4.83 Å². The third-order valence-electron chi connectivity index (χ3n) is 5.15. The number of nitrogen functional groups attached to an aromatic ring is 1. The third kappa shape index (κ3) is 2.74. The molecule has 2 aromatic heterocycles. The fourth-order valence-corrected chi connectivity index (χ4v) is 4.65. The highest BCUT2D eigenvalue weighted by Gasteiger charge is 2.34. The van der Waals surface area contributed by atoms with Gasteiger partial charge in [0.1, 0.15) is 24.0 Å². The van der Waals surface area contributed by atoms with Gasteiger partial charge in [-0.3, -0.25) is 4.90 Å². The van der Waals surface area contributed by atoms with Crippen LogP contribution in [0.25, 0.3) is 10.2 Å². The highest BCUT2D eigenvalue weighted by Crippen LogP contribution is 2.40. The first-order chi connectivity index (χ1) is 12.1. The van der Waals surface area contributed by atoms with Crippen LogP contribution in [-0.2, 0) is 22.5 Å². The van der Waals surface area contributed by atoms with Crippen LogP contribution in [0.2, 0.25) is 0 Å². The van der Waals surface area contributed by atoms with Crippen molar-refractivity contribution in [2.45, 2.75) is 33.0 Å². The van der Waals surface area contributed by atoms with Crippen LogP contribution in [0.5, 0.6) is 0 Å². The zero-order valence-corrected chi connectivity index (χ0v) is 15.4. The molecule has 25 heavy (non-hydrogen) atoms. The van der Waals surface area contributed by atoms with Gasteiger partial charge in [0.05, 0.1) is 42.6 Å². The van der Waals surface area contributed by atoms with Gasteiger partial charge in [-0.05, 0) is 11.5 Å². The lowest BCUT2D eigenvalue weighted by molar-refractivity contribution is -0.329. The van der Waals surface area contributed by atoms with E-state index in [9.17, 15) is 5.26 Å². The van der Waals surface area contributed by atoms with Crippen LogP contribution in [0.15, 0.2) is 0 Å². The Hall–Kier alpha value is -1.88. The van der Waals surface area contributed by atoms with Gasteiger partial charge in [0.25, 0.3) is 5.82 Å². The molecule has 0 unspecified atom stereocenters. The molecular formula is C18H23N4O2S+. The topological polar surface area (TPSA) is 85.7 Å². The molecule has 4 heterocycles. The number of morpholine rings is 1. The van der Waals surface area contributed by atoms with Crippen LogP contribution >= 0.6 is 11.3 Å². The van der Waals surface area contributed by atoms with Crippen molar-refractivity contribution in [2.24, 2.45) is 5.92 Å². The Morgan fingerprint density at radius 2 is 2.08 bits per heavy atom. The molecule has 2 aliphatic rings. The number of nitrogens with one attached hydrogen (secondary N) is 1. The fourth-order valence-electron chi connectivity index (χ4n) is 3.71. The Kier molecular flexibility index (Phi) is 4.28. The Bertz CT molecular complexity index is 849. The van der Waals surface area contributed by atoms with Gasteiger partial charge in [-0.2, -0.15) is 5.26 Å². The van der Waals surface area contributed by atoms with Gasteiger partial charge in [0.2, 0.25) is 0 Å². The van der Waals surface area contributed by atoms with Crippen molar-refractivity contribution in [1.82, 2.24) is 0 Å². The first kappa shape index (κ1) is 16.6. The van der Waals surface area contributed by atoms with E-state index in [4.69, 9.17) is 15.2 Å². The summed E-state index contributed by atoms with van der Waals surface area (Å²) in [4.78, 5) is 7.43. The molecule has 2 aromatic rings. The number of fused-ring (bicyclic) bond motifs is 3. The molecule has 0 bridgehead atoms. The van der Waals surface area contributed by atoms with Gasteiger partial charge < -0.3 is 15.2 Å². The SMILES string of the molecule is CC(C)[C@@H]1Cc2c(c(N3CCOCC3)[nH+]c3sc(C#N)c(N)c23)CO1. The molecule has 1 atom stereocenters. The second kappa shape index (κ2) is 6.45. The number of pyridine rings is 1. The number of thiophene rings is 1. The number of H-pyrrole nitrogens is 1. The molecular weight excluding hydrogens is 336 g/mol. The Labute approximate surface area is 151 Å². The zero-order valence-electron chi connectivity index (χ0n) is 14.6. The quantitative estimate of drug-likeness (QED) is 0.887. The van der Waals surface area contributed by atoms with E-state index < -0.39 is 0 Å². The second-order valence-corrected chi connectivity index (χ2v) is 8.01. The second-order valence-electron chi connectivity index (χ2n) is 6.99. The number of nitrogens with two attached hydrogens (primary N) is 1. The van der Waals surface area contributed by atoms with Crippen molar-refractivity contribution in [3.8, 4) is 6.07 Å². The average Bonchev–Trinajstić information content (AvgIpc) is 2.97. The number of hydrogen-bond donors (Lipinski definition) is 1. The molecule has 6 nitrogen and oxygen atoms in total. The Balaban J connectivity index is 1.91. The minimum atomic E-state index is 0.181. The minimum Gasteiger partial charge on any atom is -0.396 e. The van der Waals surface area contributed by atoms with E-state index in [1.54, 1.807) is 0 Å². The maximum absolute atomic E-state index is 9.40. The van der Waals surface area contributed by atoms with E-state index >= 15 is 0 Å². The lowest BCUT2D eigenvalue weighted by Gasteiger charge is -2.31. The molecule has 0 radical (unpaired) electrons. The number of ether oxygens (including phenoxy) is 2. The monoisotopic (exact) mass is 359 g/mol. The predicted octanol–water partition coefficient (Wildman–Crippen LogP) is 2.10. The maximum Gasteiger partial charge on any atom is 0.281 e. The first-order valence-corrected chi connectivity index (χ1v) is 9.55. The Morgan fingerprint density at radius 1 is 1.32 bits per heavy atom. The molecule has 0 spiro atoms. The molecule has 7 heteroatoms. The maximum atomic E-state index is 9.40. The van der Waals surface area contributed by atoms with Crippen molar-refractivity contribution in [3.63, 3.8) is 0 Å². The summed E-state index contributed by atoms with van der Waals surface area (Å²) in [5.41, 5.74) is 9.35. The van der Waals surface area contributed by atoms with E-state index in [-0.39, 0.29) is 6.10 Å². The van der Waals surface area contributed by atoms with Crippen LogP contribution in [0.1, 0.15) is 29.9 Å². The molecule has 132 valence electrons. The fraction of sp³-hybridized carbons (Fsp3) is 0.556. The molecule has 1 fully saturated rings. The zero-order chi connectivity index (χ0) is 17.6. The highest BCUT2D eigenvalue weighted by atomic mass is 32.1. The van der Waals surface area contributed by atoms with Gasteiger partial charge >= 0.3 is 0 Å². The lowest BCUT2D eigenvalue weighted by atomic mass is 9.91. The summed E-state index contributed by atoms with van der Waals surface area (Å²) < 4.78 is 11.6. The van der Waals surface area contributed by atoms with Gasteiger partial charge in [-0.25, -0.2) is 4.98 Å². The first-order valence-electron chi connectivity index (χ1n) is 8.73. The van der Waals surface area contributed by atoms with Crippen molar-refractivity contribution < 1.29 is 14.5 Å². The molecule has 3 N–H and O–H groups in total. The van der Waals surface area contributed by atoms with Crippen LogP contribution in [0.4, 0.5) is 11.5 Å². The minimum absolute atomic E-state index is 0.181. The largest absolute Gasteiger partial charge is 0.396 e. The number of aromatic nitrogens is 1. The van der Waals surface area contributed by atoms with E-state index in [0.29, 0.717) is 23.1 Å². The van der Waals surface area contributed by atoms with E-state index in [2.05, 4.69) is 29.8 Å². The number of hydrogen-bond acceptors (Lipinski definition) is 6. The molecule has 1 saturated heterocycles. The summed E-state index contributed by atoms with van der Waals surface area (Å²) in [6, 6.07) is 2.23. The van der Waals surface area contributed by atoms with Crippen molar-refractivity contribution >= 4 is 33.1 Å². The third-order valence-corrected chi connectivity index (χ3v) is 6.17. The molecule has 0 aromatic carbocycles. The number of rotatable bonds is 2.